The number of ether oxygens (including phenoxy) is 3. The average Bonchev–Trinajstić information content (AvgIpc) is 1.66. The summed E-state index contributed by atoms with van der Waals surface area (Å²) in [6.07, 6.45) is 79.0. The SMILES string of the molecule is Brc1ccc2oc(/C=C/N3CCOCC3)[n+](CCCC3CCCC3)c2c1.C1CCCC1.C1CCCC1.C1CCCC1.C1CCCC1.CN(C)/C=C/c1oc2cc(N(C)C)ccc2[n+]1CCCC1CCCC1.COc1ccc2c(c1)oc(/C=C/N(C)C)[n+]2CCCC1CCCC1.O=[N+]([O-])c1ccc2c(c1)oc(/C=C/N1CCOCC1)[n+]2CCCC1CCCC1.[CH3-].[CH3-].[CH3-].[CH3-].[CH3-].[CH3-].[CH3-].[CH3-].[Fe+2].[Fe+2].[Fe+2].[Fe+2]. The van der Waals surface area contributed by atoms with Crippen LogP contribution in [0.25, 0.3) is 68.7 Å². The molecule has 4 aromatic carbocycles. The number of methoxy groups -OCH3 is 1. The molecular formula is C111H181BrFe4N10O9+4. The Morgan fingerprint density at radius 2 is 0.674 bits per heavy atom. The summed E-state index contributed by atoms with van der Waals surface area (Å²) >= 11 is 3.60. The van der Waals surface area contributed by atoms with Crippen LogP contribution in [0, 0.1) is 93.2 Å². The van der Waals surface area contributed by atoms with Crippen LogP contribution in [-0.2, 0) is 104 Å². The van der Waals surface area contributed by atoms with Crippen molar-refractivity contribution in [2.45, 2.75) is 309 Å². The van der Waals surface area contributed by atoms with Gasteiger partial charge in [0, 0.05) is 172 Å². The first-order chi connectivity index (χ1) is 60.2. The van der Waals surface area contributed by atoms with Crippen molar-refractivity contribution in [2.24, 2.45) is 23.7 Å². The van der Waals surface area contributed by atoms with Crippen molar-refractivity contribution in [3.05, 3.63) is 195 Å². The maximum atomic E-state index is 11.1. The number of nitrogens with zero attached hydrogens (tertiary/aromatic N) is 10. The number of benzene rings is 4. The number of rotatable bonds is 27. The summed E-state index contributed by atoms with van der Waals surface area (Å²) in [5.74, 6) is 8.02. The van der Waals surface area contributed by atoms with Gasteiger partial charge in [0.15, 0.2) is 26.2 Å². The van der Waals surface area contributed by atoms with Crippen LogP contribution >= 0.6 is 15.9 Å². The quantitative estimate of drug-likeness (QED) is 0.0158. The Morgan fingerprint density at radius 1 is 0.378 bits per heavy atom. The molecule has 10 fully saturated rings. The number of fused-ring (bicyclic) bond motifs is 4. The van der Waals surface area contributed by atoms with E-state index >= 15 is 0 Å². The smallest absolute Gasteiger partial charge is 0.497 e. The van der Waals surface area contributed by atoms with E-state index in [1.807, 2.05) is 80.7 Å². The Bertz CT molecular complexity index is 4400. The maximum Gasteiger partial charge on any atom is 2.00 e. The zero-order valence-electron chi connectivity index (χ0n) is 86.4. The molecule has 0 unspecified atom stereocenters. The van der Waals surface area contributed by atoms with Crippen LogP contribution < -0.4 is 27.9 Å². The summed E-state index contributed by atoms with van der Waals surface area (Å²) in [7, 11) is 13.9. The molecule has 0 bridgehead atoms. The maximum absolute atomic E-state index is 11.1. The van der Waals surface area contributed by atoms with Gasteiger partial charge in [-0.2, -0.15) is 18.3 Å². The topological polar surface area (TPSA) is 155 Å². The number of halogens is 1. The third-order valence-electron chi connectivity index (χ3n) is 26.6. The first-order valence-electron chi connectivity index (χ1n) is 48.8. The minimum Gasteiger partial charge on any atom is -0.497 e. The summed E-state index contributed by atoms with van der Waals surface area (Å²) in [5.41, 5.74) is 9.01. The van der Waals surface area contributed by atoms with Gasteiger partial charge in [-0.15, -0.1) is 0 Å². The van der Waals surface area contributed by atoms with E-state index in [2.05, 4.69) is 124 Å². The molecule has 0 N–H and O–H groups in total. The van der Waals surface area contributed by atoms with Crippen LogP contribution in [0.1, 0.15) is 306 Å². The molecule has 8 saturated carbocycles. The number of oxazole rings is 4. The van der Waals surface area contributed by atoms with Gasteiger partial charge in [-0.1, -0.05) is 247 Å². The van der Waals surface area contributed by atoms with Crippen LogP contribution in [-0.4, -0.2) is 127 Å². The van der Waals surface area contributed by atoms with E-state index < -0.39 is 0 Å². The van der Waals surface area contributed by atoms with Gasteiger partial charge in [0.2, 0.25) is 22.3 Å². The minimum absolute atomic E-state index is 0. The summed E-state index contributed by atoms with van der Waals surface area (Å²) in [6, 6.07) is 23.7. The van der Waals surface area contributed by atoms with Crippen LogP contribution in [0.2, 0.25) is 0 Å². The molecule has 0 radical (unpaired) electrons. The fourth-order valence-electron chi connectivity index (χ4n) is 19.4. The van der Waals surface area contributed by atoms with Gasteiger partial charge >= 0.3 is 91.8 Å². The number of nitro benzene ring substituents is 1. The standard InChI is InChI=1S/C21H28BrN2O2.C21H28N3O4.C21H32N3O.C20H29N2O2.4C5H10.8CH3.4Fe/c22-18-7-8-20-19(16-18)24(10-3-6-17-4-1-2-5-17)21(26-20)9-11-23-12-14-25-15-13-23;25-24(26)18-7-8-19-20(16-18)28-21(9-11-22-12-14-27-15-13-22)23(19)10-3-6-17-4-1-2-5-17;1-22(2)15-13-21-24(14-7-10-17-8-5-6-9-17)19-12-11-18(23(3)4)16-20(19)25-21;1-21(2)14-12-20-22(13-6-9-16-7-4-5-8-16)18-11-10-17(23-3)15-19(18)24-20;4*1-2-4-5-3-1;;;;;;;;;;;;/h7-9,11,16-17H,1-6,10,12-15H2;7-9,11,16-17H,1-6,10,12-15H2;11-13,15-17H,5-10,14H2,1-4H3;10-12,14-16H,4-9,13H2,1-3H3;4*1-5H2;8*1H3;;;;/q4*+1;;;;;8*-1;4*+2. The van der Waals surface area contributed by atoms with Gasteiger partial charge in [0.1, 0.15) is 5.75 Å². The number of morpholine rings is 2. The molecule has 4 aromatic heterocycles. The molecule has 2 aliphatic heterocycles. The first-order valence-corrected chi connectivity index (χ1v) is 49.6. The number of nitro groups is 1. The van der Waals surface area contributed by atoms with Crippen molar-refractivity contribution < 1.29 is 123 Å². The molecule has 2 saturated heterocycles. The van der Waals surface area contributed by atoms with Crippen LogP contribution in [0.15, 0.2) is 120 Å². The molecule has 6 heterocycles. The largest absolute Gasteiger partial charge is 2.00 e. The molecule has 0 spiro atoms. The molecule has 19 nitrogen and oxygen atoms in total. The Labute approximate surface area is 872 Å². The molecule has 8 aliphatic carbocycles. The van der Waals surface area contributed by atoms with E-state index in [9.17, 15) is 10.1 Å². The molecule has 135 heavy (non-hydrogen) atoms. The van der Waals surface area contributed by atoms with Crippen molar-refractivity contribution in [1.82, 2.24) is 19.6 Å². The minimum atomic E-state index is -0.379. The van der Waals surface area contributed by atoms with Crippen molar-refractivity contribution in [2.75, 3.05) is 107 Å². The van der Waals surface area contributed by atoms with Crippen LogP contribution in [0.4, 0.5) is 11.4 Å². The van der Waals surface area contributed by atoms with Gasteiger partial charge in [-0.05, 0) is 73.6 Å². The summed E-state index contributed by atoms with van der Waals surface area (Å²) in [6.45, 7) is 10.6. The second-order valence-corrected chi connectivity index (χ2v) is 37.9. The third-order valence-corrected chi connectivity index (χ3v) is 27.1. The van der Waals surface area contributed by atoms with Crippen molar-refractivity contribution in [3.8, 4) is 5.75 Å². The molecule has 18 rings (SSSR count). The summed E-state index contributed by atoms with van der Waals surface area (Å²) in [4.78, 5) is 21.4. The second-order valence-electron chi connectivity index (χ2n) is 37.0. The number of aryl methyl sites for hydroxylation is 4. The molecule has 0 atom stereocenters. The fourth-order valence-corrected chi connectivity index (χ4v) is 19.7. The zero-order valence-corrected chi connectivity index (χ0v) is 92.4. The van der Waals surface area contributed by atoms with E-state index in [0.717, 1.165) is 170 Å². The van der Waals surface area contributed by atoms with Crippen LogP contribution in [0.3, 0.4) is 0 Å². The van der Waals surface area contributed by atoms with Gasteiger partial charge in [0.05, 0.1) is 68.8 Å². The number of aromatic nitrogens is 4. The second kappa shape index (κ2) is 74.4. The predicted molar refractivity (Wildman–Crippen MR) is 558 cm³/mol. The molecule has 0 amide bonds. The number of non-ortho nitro benzene ring substituents is 1. The van der Waals surface area contributed by atoms with E-state index in [4.69, 9.17) is 31.9 Å². The normalized spacial score (nSPS) is 16.7. The summed E-state index contributed by atoms with van der Waals surface area (Å²) < 4.78 is 50.8. The number of hydrogen-bond donors (Lipinski definition) is 0. The zero-order chi connectivity index (χ0) is 86.0. The van der Waals surface area contributed by atoms with Gasteiger partial charge in [-0.25, -0.2) is 0 Å². The summed E-state index contributed by atoms with van der Waals surface area (Å²) in [5, 5.41) is 11.1. The van der Waals surface area contributed by atoms with Crippen molar-refractivity contribution in [3.63, 3.8) is 0 Å². The Hall–Kier alpha value is -5.60. The Kier molecular flexibility index (Phi) is 72.4. The fraction of sp³-hybridized carbons (Fsp3) is 0.604. The van der Waals surface area contributed by atoms with Crippen molar-refractivity contribution >= 4 is 96.0 Å². The average molecular weight is 2100 g/mol. The van der Waals surface area contributed by atoms with Crippen molar-refractivity contribution in [1.29, 1.82) is 0 Å². The molecule has 10 aliphatic rings. The van der Waals surface area contributed by atoms with E-state index in [1.54, 1.807) is 19.2 Å². The van der Waals surface area contributed by atoms with Crippen LogP contribution in [0.5, 0.6) is 5.75 Å². The van der Waals surface area contributed by atoms with Gasteiger partial charge < -0.3 is 116 Å². The Morgan fingerprint density at radius 3 is 0.993 bits per heavy atom. The van der Waals surface area contributed by atoms with E-state index in [1.165, 1.54) is 299 Å². The molecule has 24 heteroatoms. The Balaban J connectivity index is 0. The number of hydrogen-bond acceptors (Lipinski definition) is 14. The number of anilines is 1. The van der Waals surface area contributed by atoms with Gasteiger partial charge in [-0.3, -0.25) is 10.1 Å². The first kappa shape index (κ1) is 131. The molecule has 764 valence electrons. The third kappa shape index (κ3) is 45.5. The molecular weight excluding hydrogens is 1920 g/mol. The predicted octanol–water partition coefficient (Wildman–Crippen LogP) is 28.6. The monoisotopic (exact) mass is 2100 g/mol. The van der Waals surface area contributed by atoms with Gasteiger partial charge in [0.25, 0.3) is 27.8 Å². The van der Waals surface area contributed by atoms with E-state index in [0.29, 0.717) is 5.58 Å². The van der Waals surface area contributed by atoms with E-state index in [-0.39, 0.29) is 138 Å². The molecule has 8 aromatic rings.